The zero-order valence-electron chi connectivity index (χ0n) is 18.9. The molecular weight excluding hydrogens is 420 g/mol. The molecule has 0 spiro atoms. The third-order valence-corrected chi connectivity index (χ3v) is 5.44. The number of aryl methyl sites for hydroxylation is 1. The van der Waals surface area contributed by atoms with Gasteiger partial charge in [-0.25, -0.2) is 14.8 Å². The van der Waals surface area contributed by atoms with Crippen LogP contribution in [0, 0.1) is 6.92 Å². The molecule has 2 aromatic carbocycles. The zero-order valence-corrected chi connectivity index (χ0v) is 18.9. The minimum Gasteiger partial charge on any atom is -0.431 e. The number of hydrogen-bond donors (Lipinski definition) is 2. The Morgan fingerprint density at radius 3 is 2.48 bits per heavy atom. The van der Waals surface area contributed by atoms with Crippen molar-refractivity contribution in [2.24, 2.45) is 0 Å². The highest BCUT2D eigenvalue weighted by atomic mass is 16.7. The molecule has 5 rings (SSSR count). The molecular formula is C25H24N4O4. The van der Waals surface area contributed by atoms with Crippen LogP contribution in [0.1, 0.15) is 25.0 Å². The highest BCUT2D eigenvalue weighted by Gasteiger charge is 2.21. The number of aromatic nitrogens is 4. The van der Waals surface area contributed by atoms with Gasteiger partial charge in [0.05, 0.1) is 41.0 Å². The number of hydrogen-bond acceptors (Lipinski definition) is 6. The van der Waals surface area contributed by atoms with Gasteiger partial charge in [0.1, 0.15) is 5.82 Å². The number of carbonyl (C=O) groups excluding carboxylic acids is 1. The smallest absolute Gasteiger partial charge is 0.431 e. The third kappa shape index (κ3) is 3.78. The minimum absolute atomic E-state index is 0.155. The Kier molecular flexibility index (Phi) is 5.22. The van der Waals surface area contributed by atoms with E-state index in [1.54, 1.807) is 27.2 Å². The van der Waals surface area contributed by atoms with E-state index in [-0.39, 0.29) is 18.6 Å². The number of imidazole rings is 1. The fraction of sp³-hybridized carbons (Fsp3) is 0.240. The Labute approximate surface area is 189 Å². The Hall–Kier alpha value is -3.91. The van der Waals surface area contributed by atoms with Crippen molar-refractivity contribution < 1.29 is 19.0 Å². The van der Waals surface area contributed by atoms with Crippen molar-refractivity contribution in [1.82, 2.24) is 19.9 Å². The Bertz CT molecular complexity index is 1480. The van der Waals surface area contributed by atoms with Crippen molar-refractivity contribution in [1.29, 1.82) is 0 Å². The second-order valence-electron chi connectivity index (χ2n) is 8.24. The molecule has 0 aliphatic carbocycles. The van der Waals surface area contributed by atoms with Crippen LogP contribution in [0.5, 0.6) is 5.88 Å². The molecule has 8 heteroatoms. The summed E-state index contributed by atoms with van der Waals surface area (Å²) in [5.74, 6) is 0.938. The molecule has 0 radical (unpaired) electrons. The maximum Gasteiger partial charge on any atom is 0.515 e. The summed E-state index contributed by atoms with van der Waals surface area (Å²) >= 11 is 0. The lowest BCUT2D eigenvalue weighted by molar-refractivity contribution is 0.0705. The molecule has 8 nitrogen and oxygen atoms in total. The van der Waals surface area contributed by atoms with Crippen molar-refractivity contribution >= 4 is 39.0 Å². The molecule has 3 heterocycles. The topological polar surface area (TPSA) is 102 Å². The first-order valence-electron chi connectivity index (χ1n) is 10.7. The highest BCUT2D eigenvalue weighted by Crippen LogP contribution is 2.37. The predicted molar refractivity (Wildman–Crippen MR) is 126 cm³/mol. The van der Waals surface area contributed by atoms with Crippen LogP contribution in [-0.4, -0.2) is 39.3 Å². The van der Waals surface area contributed by atoms with Gasteiger partial charge in [-0.2, -0.15) is 0 Å². The average molecular weight is 444 g/mol. The third-order valence-electron chi connectivity index (χ3n) is 5.44. The number of ether oxygens (including phenoxy) is 3. The van der Waals surface area contributed by atoms with Crippen LogP contribution >= 0.6 is 0 Å². The number of nitrogens with zero attached hydrogens (tertiary/aromatic N) is 2. The SMILES string of the molecule is COCc1c(OC(=O)OC(C)C)ncc2[nH]c3ccc4[nH]c(-c5ccc(C)cc5)nc4c3c12. The number of nitrogens with one attached hydrogen (secondary N) is 2. The lowest BCUT2D eigenvalue weighted by atomic mass is 10.1. The van der Waals surface area contributed by atoms with E-state index in [0.29, 0.717) is 5.56 Å². The Morgan fingerprint density at radius 1 is 1.00 bits per heavy atom. The van der Waals surface area contributed by atoms with Crippen molar-refractivity contribution in [2.75, 3.05) is 7.11 Å². The molecule has 0 saturated carbocycles. The molecule has 0 atom stereocenters. The molecule has 2 N–H and O–H groups in total. The van der Waals surface area contributed by atoms with Gasteiger partial charge in [0.25, 0.3) is 0 Å². The highest BCUT2D eigenvalue weighted by molar-refractivity contribution is 6.20. The molecule has 0 unspecified atom stereocenters. The standard InChI is InChI=1S/C25H24N4O4/c1-13(2)32-25(30)33-24-16(12-31-4)20-19(11-26-24)27-17-9-10-18-22(21(17)20)29-23(28-18)15-7-5-14(3)6-8-15/h5-11,13,27H,12H2,1-4H3,(H,28,29). The van der Waals surface area contributed by atoms with E-state index < -0.39 is 6.16 Å². The number of aromatic amines is 2. The molecule has 3 aromatic heterocycles. The summed E-state index contributed by atoms with van der Waals surface area (Å²) in [6.45, 7) is 5.77. The second-order valence-corrected chi connectivity index (χ2v) is 8.24. The number of methoxy groups -OCH3 is 1. The molecule has 0 aliphatic heterocycles. The second kappa shape index (κ2) is 8.22. The number of pyridine rings is 1. The lowest BCUT2D eigenvalue weighted by Crippen LogP contribution is -2.17. The van der Waals surface area contributed by atoms with Crippen LogP contribution in [0.4, 0.5) is 4.79 Å². The quantitative estimate of drug-likeness (QED) is 0.340. The first-order valence-corrected chi connectivity index (χ1v) is 10.7. The summed E-state index contributed by atoms with van der Waals surface area (Å²) in [5.41, 5.74) is 6.26. The average Bonchev–Trinajstić information content (AvgIpc) is 3.36. The first kappa shape index (κ1) is 21.0. The first-order chi connectivity index (χ1) is 15.9. The van der Waals surface area contributed by atoms with E-state index >= 15 is 0 Å². The summed E-state index contributed by atoms with van der Waals surface area (Å²) < 4.78 is 16.0. The number of carbonyl (C=O) groups is 1. The van der Waals surface area contributed by atoms with Gasteiger partial charge in [-0.1, -0.05) is 29.8 Å². The van der Waals surface area contributed by atoms with Gasteiger partial charge < -0.3 is 24.2 Å². The van der Waals surface area contributed by atoms with E-state index in [9.17, 15) is 4.79 Å². The van der Waals surface area contributed by atoms with Gasteiger partial charge in [0.15, 0.2) is 0 Å². The van der Waals surface area contributed by atoms with Gasteiger partial charge in [-0.3, -0.25) is 0 Å². The van der Waals surface area contributed by atoms with Gasteiger partial charge in [-0.05, 0) is 32.9 Å². The Balaban J connectivity index is 1.73. The van der Waals surface area contributed by atoms with Gasteiger partial charge >= 0.3 is 6.16 Å². The molecule has 0 bridgehead atoms. The number of H-pyrrole nitrogens is 2. The molecule has 0 amide bonds. The van der Waals surface area contributed by atoms with Gasteiger partial charge in [-0.15, -0.1) is 0 Å². The van der Waals surface area contributed by atoms with Crippen molar-refractivity contribution in [3.63, 3.8) is 0 Å². The van der Waals surface area contributed by atoms with Crippen LogP contribution in [0.2, 0.25) is 0 Å². The van der Waals surface area contributed by atoms with E-state index in [0.717, 1.165) is 44.2 Å². The van der Waals surface area contributed by atoms with Crippen LogP contribution in [0.15, 0.2) is 42.6 Å². The number of rotatable bonds is 5. The minimum atomic E-state index is -0.805. The molecule has 0 fully saturated rings. The summed E-state index contributed by atoms with van der Waals surface area (Å²) in [6.07, 6.45) is 0.538. The van der Waals surface area contributed by atoms with E-state index in [1.807, 2.05) is 24.3 Å². The van der Waals surface area contributed by atoms with Crippen LogP contribution in [0.3, 0.4) is 0 Å². The number of fused-ring (bicyclic) bond motifs is 5. The molecule has 33 heavy (non-hydrogen) atoms. The van der Waals surface area contributed by atoms with E-state index in [4.69, 9.17) is 19.2 Å². The fourth-order valence-electron chi connectivity index (χ4n) is 4.00. The fourth-order valence-corrected chi connectivity index (χ4v) is 4.00. The van der Waals surface area contributed by atoms with Crippen molar-refractivity contribution in [2.45, 2.75) is 33.5 Å². The zero-order chi connectivity index (χ0) is 23.1. The molecule has 5 aromatic rings. The number of benzene rings is 2. The summed E-state index contributed by atoms with van der Waals surface area (Å²) in [7, 11) is 1.59. The molecule has 0 aliphatic rings. The van der Waals surface area contributed by atoms with Crippen molar-refractivity contribution in [3.8, 4) is 17.3 Å². The molecule has 168 valence electrons. The van der Waals surface area contributed by atoms with Gasteiger partial charge in [0, 0.05) is 29.0 Å². The summed E-state index contributed by atoms with van der Waals surface area (Å²) in [5, 5.41) is 1.76. The summed E-state index contributed by atoms with van der Waals surface area (Å²) in [6, 6.07) is 12.2. The van der Waals surface area contributed by atoms with E-state index in [1.165, 1.54) is 5.56 Å². The largest absolute Gasteiger partial charge is 0.515 e. The Morgan fingerprint density at radius 2 is 1.76 bits per heavy atom. The monoisotopic (exact) mass is 444 g/mol. The lowest BCUT2D eigenvalue weighted by Gasteiger charge is -2.11. The van der Waals surface area contributed by atoms with Crippen LogP contribution < -0.4 is 4.74 Å². The maximum atomic E-state index is 12.2. The summed E-state index contributed by atoms with van der Waals surface area (Å²) in [4.78, 5) is 28.3. The van der Waals surface area contributed by atoms with Crippen LogP contribution in [0.25, 0.3) is 44.2 Å². The van der Waals surface area contributed by atoms with E-state index in [2.05, 4.69) is 34.0 Å². The normalized spacial score (nSPS) is 11.7. The van der Waals surface area contributed by atoms with Crippen molar-refractivity contribution in [3.05, 3.63) is 53.7 Å². The van der Waals surface area contributed by atoms with Crippen LogP contribution in [-0.2, 0) is 16.1 Å². The molecule has 0 saturated heterocycles. The maximum absolute atomic E-state index is 12.2. The predicted octanol–water partition coefficient (Wildman–Crippen LogP) is 5.64. The van der Waals surface area contributed by atoms with Gasteiger partial charge in [0.2, 0.25) is 5.88 Å².